The number of terminal acetylenes is 2. The van der Waals surface area contributed by atoms with E-state index in [1.165, 1.54) is 0 Å². The van der Waals surface area contributed by atoms with Gasteiger partial charge in [-0.1, -0.05) is 39.5 Å². The van der Waals surface area contributed by atoms with E-state index >= 15 is 0 Å². The van der Waals surface area contributed by atoms with Crippen molar-refractivity contribution in [1.82, 2.24) is 9.80 Å². The summed E-state index contributed by atoms with van der Waals surface area (Å²) in [5.41, 5.74) is -1.35. The molecule has 0 spiro atoms. The summed E-state index contributed by atoms with van der Waals surface area (Å²) in [7, 11) is 0. The first-order chi connectivity index (χ1) is 12.5. The molecule has 0 unspecified atom stereocenters. The first-order valence-electron chi connectivity index (χ1n) is 9.79. The third kappa shape index (κ3) is 25.2. The molecule has 160 valence electrons. The van der Waals surface area contributed by atoms with Crippen LogP contribution in [-0.2, 0) is 4.74 Å². The Morgan fingerprint density at radius 3 is 1.44 bits per heavy atom. The topological polar surface area (TPSA) is 35.9 Å². The molecular weight excluding hydrogens is 360 g/mol. The molecule has 0 atom stereocenters. The molecule has 0 aliphatic rings. The van der Waals surface area contributed by atoms with Crippen LogP contribution < -0.4 is 0 Å². The highest BCUT2D eigenvalue weighted by molar-refractivity contribution is 6.18. The Hall–Kier alpha value is -0.750. The number of likely N-dealkylation sites (N-methyl/N-ethyl adjacent to an activating group) is 1. The van der Waals surface area contributed by atoms with Gasteiger partial charge in [0.25, 0.3) is 0 Å². The minimum Gasteiger partial charge on any atom is -0.378 e. The van der Waals surface area contributed by atoms with Crippen LogP contribution in [0.1, 0.15) is 55.4 Å². The van der Waals surface area contributed by atoms with Crippen molar-refractivity contribution in [3.8, 4) is 24.7 Å². The second kappa shape index (κ2) is 18.6. The van der Waals surface area contributed by atoms with Crippen molar-refractivity contribution >= 4 is 11.6 Å². The molecule has 0 radical (unpaired) electrons. The number of halogens is 1. The van der Waals surface area contributed by atoms with Gasteiger partial charge < -0.3 is 19.6 Å². The van der Waals surface area contributed by atoms with Crippen LogP contribution in [0.15, 0.2) is 0 Å². The maximum absolute atomic E-state index is 8.59. The van der Waals surface area contributed by atoms with Crippen molar-refractivity contribution in [1.29, 1.82) is 0 Å². The largest absolute Gasteiger partial charge is 0.378 e. The number of ether oxygens (including phenoxy) is 1. The van der Waals surface area contributed by atoms with Crippen LogP contribution in [0.3, 0.4) is 0 Å². The van der Waals surface area contributed by atoms with Gasteiger partial charge >= 0.3 is 0 Å². The minimum absolute atomic E-state index is 0.423. The lowest BCUT2D eigenvalue weighted by Gasteiger charge is -2.22. The minimum atomic E-state index is -0.931. The van der Waals surface area contributed by atoms with E-state index in [4.69, 9.17) is 34.3 Å². The summed E-state index contributed by atoms with van der Waals surface area (Å²) in [6, 6.07) is 0. The van der Waals surface area contributed by atoms with E-state index in [-0.39, 0.29) is 0 Å². The molecule has 0 saturated carbocycles. The van der Waals surface area contributed by atoms with Crippen LogP contribution in [0.2, 0.25) is 0 Å². The third-order valence-corrected chi connectivity index (χ3v) is 3.93. The molecule has 0 bridgehead atoms. The molecule has 0 aliphatic heterocycles. The predicted molar refractivity (Wildman–Crippen MR) is 120 cm³/mol. The second-order valence-corrected chi connectivity index (χ2v) is 7.33. The number of rotatable bonds is 10. The summed E-state index contributed by atoms with van der Waals surface area (Å²) in [6.07, 6.45) is 10.1. The van der Waals surface area contributed by atoms with Crippen LogP contribution in [0.4, 0.5) is 0 Å². The molecule has 0 aliphatic carbocycles. The summed E-state index contributed by atoms with van der Waals surface area (Å²) >= 11 is 5.51. The van der Waals surface area contributed by atoms with Gasteiger partial charge in [0.1, 0.15) is 11.2 Å². The van der Waals surface area contributed by atoms with Gasteiger partial charge in [-0.2, -0.15) is 0 Å². The van der Waals surface area contributed by atoms with Gasteiger partial charge in [-0.3, -0.25) is 0 Å². The molecule has 4 nitrogen and oxygen atoms in total. The van der Waals surface area contributed by atoms with Crippen molar-refractivity contribution in [2.45, 2.75) is 66.6 Å². The first kappa shape index (κ1) is 31.0. The van der Waals surface area contributed by atoms with Crippen LogP contribution in [0.25, 0.3) is 0 Å². The number of hydrogen-bond acceptors (Lipinski definition) is 4. The maximum atomic E-state index is 8.59. The molecule has 5 heteroatoms. The summed E-state index contributed by atoms with van der Waals surface area (Å²) in [5.74, 6) is 5.52. The third-order valence-electron chi connectivity index (χ3n) is 3.76. The predicted octanol–water partition coefficient (Wildman–Crippen LogP) is 3.71. The lowest BCUT2D eigenvalue weighted by Crippen LogP contribution is -2.31. The van der Waals surface area contributed by atoms with Gasteiger partial charge in [0.05, 0.1) is 6.61 Å². The normalized spacial score (nSPS) is 11.0. The van der Waals surface area contributed by atoms with E-state index in [9.17, 15) is 0 Å². The Morgan fingerprint density at radius 1 is 0.852 bits per heavy atom. The summed E-state index contributed by atoms with van der Waals surface area (Å²) in [5, 5.41) is 8.59. The van der Waals surface area contributed by atoms with E-state index < -0.39 is 11.2 Å². The number of alkyl halides is 1. The number of hydrogen-bond donors (Lipinski definition) is 1. The van der Waals surface area contributed by atoms with Gasteiger partial charge in [0.15, 0.2) is 0 Å². The van der Waals surface area contributed by atoms with Crippen LogP contribution in [0, 0.1) is 24.7 Å². The zero-order valence-electron chi connectivity index (χ0n) is 18.9. The highest BCUT2D eigenvalue weighted by atomic mass is 35.5. The number of nitrogens with zero attached hydrogens (tertiary/aromatic N) is 2. The lowest BCUT2D eigenvalue weighted by molar-refractivity contribution is 0.0152. The molecule has 27 heavy (non-hydrogen) atoms. The monoisotopic (exact) mass is 402 g/mol. The first-order valence-corrected chi connectivity index (χ1v) is 10.3. The van der Waals surface area contributed by atoms with Gasteiger partial charge in [-0.25, -0.2) is 0 Å². The van der Waals surface area contributed by atoms with E-state index in [0.717, 1.165) is 45.1 Å². The molecular formula is C22H43ClN2O2. The van der Waals surface area contributed by atoms with Gasteiger partial charge in [-0.15, -0.1) is 24.4 Å². The quantitative estimate of drug-likeness (QED) is 0.446. The van der Waals surface area contributed by atoms with Crippen LogP contribution in [-0.4, -0.2) is 77.9 Å². The van der Waals surface area contributed by atoms with Gasteiger partial charge in [-0.05, 0) is 53.9 Å². The molecule has 0 amide bonds. The second-order valence-electron chi connectivity index (χ2n) is 6.95. The summed E-state index contributed by atoms with van der Waals surface area (Å²) < 4.78 is 5.54. The van der Waals surface area contributed by atoms with Crippen molar-refractivity contribution in [2.75, 3.05) is 51.8 Å². The fraction of sp³-hybridized carbons (Fsp3) is 0.818. The molecule has 0 saturated heterocycles. The summed E-state index contributed by atoms with van der Waals surface area (Å²) in [4.78, 5) is 4.61. The van der Waals surface area contributed by atoms with E-state index in [1.807, 2.05) is 13.8 Å². The van der Waals surface area contributed by atoms with Crippen molar-refractivity contribution < 1.29 is 9.84 Å². The summed E-state index contributed by atoms with van der Waals surface area (Å²) in [6.45, 7) is 22.6. The fourth-order valence-corrected chi connectivity index (χ4v) is 1.91. The maximum Gasteiger partial charge on any atom is 0.122 e. The van der Waals surface area contributed by atoms with E-state index in [0.29, 0.717) is 6.61 Å². The highest BCUT2D eigenvalue weighted by Crippen LogP contribution is 2.06. The Bertz CT molecular complexity index is 398. The van der Waals surface area contributed by atoms with Crippen molar-refractivity contribution in [2.24, 2.45) is 0 Å². The average Bonchev–Trinajstić information content (AvgIpc) is 2.63. The molecule has 0 aromatic carbocycles. The Balaban J connectivity index is -0.000000351. The fourth-order valence-electron chi connectivity index (χ4n) is 1.67. The van der Waals surface area contributed by atoms with Crippen LogP contribution in [0.5, 0.6) is 0 Å². The zero-order chi connectivity index (χ0) is 21.9. The molecule has 0 fully saturated rings. The zero-order valence-corrected chi connectivity index (χ0v) is 19.7. The average molecular weight is 403 g/mol. The Labute approximate surface area is 174 Å². The van der Waals surface area contributed by atoms with E-state index in [2.05, 4.69) is 49.3 Å². The molecule has 0 heterocycles. The Morgan fingerprint density at radius 2 is 1.22 bits per heavy atom. The van der Waals surface area contributed by atoms with Crippen molar-refractivity contribution in [3.05, 3.63) is 0 Å². The molecule has 0 rings (SSSR count). The molecule has 1 N–H and O–H groups in total. The Kier molecular flexibility index (Phi) is 21.3. The lowest BCUT2D eigenvalue weighted by atomic mass is 10.1. The van der Waals surface area contributed by atoms with Crippen molar-refractivity contribution in [3.63, 3.8) is 0 Å². The smallest absolute Gasteiger partial charge is 0.122 e. The standard InChI is InChI=1S/C11H21NO.C6H14ClN.C5H8O/c1-6-11(4,5)13-10-9-12(7-2)8-3;1-3-8(4-2)6-5-7;1-4-5(2,3)6/h1H,7-10H2,2-5H3;3-6H2,1-2H3;1,6H,2-3H3. The van der Waals surface area contributed by atoms with Gasteiger partial charge in [0.2, 0.25) is 0 Å². The SMILES string of the molecule is C#CC(C)(C)O.C#CC(C)(C)OCCN(CC)CC.CCN(CC)CCCl. The molecule has 0 aromatic heterocycles. The number of aliphatic hydroxyl groups is 1. The van der Waals surface area contributed by atoms with Crippen LogP contribution >= 0.6 is 11.6 Å². The highest BCUT2D eigenvalue weighted by Gasteiger charge is 2.13. The van der Waals surface area contributed by atoms with E-state index in [1.54, 1.807) is 13.8 Å². The van der Waals surface area contributed by atoms with Gasteiger partial charge in [0, 0.05) is 19.0 Å². The molecule has 0 aromatic rings.